The number of hydrogen-bond donors (Lipinski definition) is 2. The molecule has 0 aliphatic rings. The van der Waals surface area contributed by atoms with Crippen LogP contribution < -0.4 is 10.3 Å². The number of para-hydroxylation sites is 1. The highest BCUT2D eigenvalue weighted by atomic mass is 16.5. The van der Waals surface area contributed by atoms with Gasteiger partial charge in [0.25, 0.3) is 5.56 Å². The molecule has 6 nitrogen and oxygen atoms in total. The van der Waals surface area contributed by atoms with Crippen LogP contribution in [0.1, 0.15) is 18.1 Å². The molecular weight excluding hydrogens is 392 g/mol. The summed E-state index contributed by atoms with van der Waals surface area (Å²) in [5.41, 5.74) is 1.86. The van der Waals surface area contributed by atoms with Gasteiger partial charge in [0.05, 0.1) is 30.2 Å². The summed E-state index contributed by atoms with van der Waals surface area (Å²) in [4.78, 5) is 17.7. The maximum absolute atomic E-state index is 13.2. The van der Waals surface area contributed by atoms with Crippen LogP contribution in [0.3, 0.4) is 0 Å². The van der Waals surface area contributed by atoms with Crippen molar-refractivity contribution in [1.29, 1.82) is 0 Å². The maximum atomic E-state index is 13.2. The Labute approximate surface area is 179 Å². The van der Waals surface area contributed by atoms with Crippen LogP contribution in [0.5, 0.6) is 11.6 Å². The van der Waals surface area contributed by atoms with E-state index in [1.807, 2.05) is 19.1 Å². The first-order valence-corrected chi connectivity index (χ1v) is 9.96. The molecule has 0 amide bonds. The van der Waals surface area contributed by atoms with Crippen LogP contribution in [0, 0.1) is 0 Å². The summed E-state index contributed by atoms with van der Waals surface area (Å²) in [5, 5.41) is 21.7. The highest BCUT2D eigenvalue weighted by Crippen LogP contribution is 2.28. The van der Waals surface area contributed by atoms with E-state index >= 15 is 0 Å². The first-order valence-electron chi connectivity index (χ1n) is 9.96. The van der Waals surface area contributed by atoms with Crippen LogP contribution in [-0.4, -0.2) is 27.6 Å². The Morgan fingerprint density at radius 3 is 2.35 bits per heavy atom. The van der Waals surface area contributed by atoms with Crippen molar-refractivity contribution in [2.75, 3.05) is 6.61 Å². The fraction of sp³-hybridized carbons (Fsp3) is 0.120. The summed E-state index contributed by atoms with van der Waals surface area (Å²) < 4.78 is 6.73. The fourth-order valence-electron chi connectivity index (χ4n) is 3.49. The Hall–Kier alpha value is -3.90. The number of rotatable bonds is 6. The normalized spacial score (nSPS) is 11.3. The van der Waals surface area contributed by atoms with Crippen LogP contribution in [0.15, 0.2) is 82.6 Å². The number of pyridine rings is 1. The maximum Gasteiger partial charge on any atom is 0.265 e. The third-order valence-corrected chi connectivity index (χ3v) is 5.00. The Kier molecular flexibility index (Phi) is 5.82. The van der Waals surface area contributed by atoms with Gasteiger partial charge in [0, 0.05) is 22.6 Å². The van der Waals surface area contributed by atoms with Crippen LogP contribution in [0.2, 0.25) is 0 Å². The van der Waals surface area contributed by atoms with Gasteiger partial charge < -0.3 is 14.9 Å². The molecule has 0 unspecified atom stereocenters. The van der Waals surface area contributed by atoms with E-state index in [0.29, 0.717) is 45.6 Å². The van der Waals surface area contributed by atoms with Crippen molar-refractivity contribution in [2.24, 2.45) is 4.99 Å². The number of aromatic nitrogens is 1. The van der Waals surface area contributed by atoms with E-state index in [1.165, 1.54) is 10.8 Å². The number of fused-ring (bicyclic) bond motifs is 1. The zero-order valence-corrected chi connectivity index (χ0v) is 17.0. The summed E-state index contributed by atoms with van der Waals surface area (Å²) in [7, 11) is 0. The molecule has 0 radical (unpaired) electrons. The molecule has 2 N–H and O–H groups in total. The van der Waals surface area contributed by atoms with E-state index in [2.05, 4.69) is 4.99 Å². The molecule has 0 saturated carbocycles. The quantitative estimate of drug-likeness (QED) is 0.460. The molecule has 1 aromatic heterocycles. The highest BCUT2D eigenvalue weighted by molar-refractivity contribution is 6.02. The molecule has 0 bridgehead atoms. The Morgan fingerprint density at radius 2 is 1.65 bits per heavy atom. The van der Waals surface area contributed by atoms with E-state index in [1.54, 1.807) is 60.7 Å². The molecule has 1 heterocycles. The number of aromatic hydroxyl groups is 1. The lowest BCUT2D eigenvalue weighted by molar-refractivity contribution is 0.282. The minimum atomic E-state index is -0.329. The van der Waals surface area contributed by atoms with Crippen molar-refractivity contribution in [2.45, 2.75) is 13.5 Å². The van der Waals surface area contributed by atoms with Crippen molar-refractivity contribution in [3.05, 3.63) is 94.3 Å². The fourth-order valence-corrected chi connectivity index (χ4v) is 3.49. The Morgan fingerprint density at radius 1 is 0.968 bits per heavy atom. The summed E-state index contributed by atoms with van der Waals surface area (Å²) in [6.45, 7) is 2.29. The Balaban J connectivity index is 1.91. The zero-order chi connectivity index (χ0) is 21.8. The van der Waals surface area contributed by atoms with Gasteiger partial charge in [-0.05, 0) is 43.3 Å². The minimum Gasteiger partial charge on any atom is -0.494 e. The van der Waals surface area contributed by atoms with Crippen molar-refractivity contribution in [1.82, 2.24) is 4.57 Å². The largest absolute Gasteiger partial charge is 0.494 e. The van der Waals surface area contributed by atoms with Gasteiger partial charge in [-0.1, -0.05) is 36.4 Å². The van der Waals surface area contributed by atoms with Crippen molar-refractivity contribution in [3.8, 4) is 17.3 Å². The smallest absolute Gasteiger partial charge is 0.265 e. The molecule has 4 rings (SSSR count). The van der Waals surface area contributed by atoms with Crippen molar-refractivity contribution < 1.29 is 14.9 Å². The molecule has 0 fully saturated rings. The summed E-state index contributed by atoms with van der Waals surface area (Å²) in [6.07, 6.45) is 1.52. The summed E-state index contributed by atoms with van der Waals surface area (Å²) in [6, 6.07) is 21.3. The predicted molar refractivity (Wildman–Crippen MR) is 122 cm³/mol. The molecule has 0 aliphatic carbocycles. The van der Waals surface area contributed by atoms with Crippen LogP contribution in [-0.2, 0) is 6.61 Å². The topological polar surface area (TPSA) is 84.1 Å². The van der Waals surface area contributed by atoms with Crippen LogP contribution in [0.4, 0.5) is 5.69 Å². The van der Waals surface area contributed by atoms with Crippen LogP contribution in [0.25, 0.3) is 16.5 Å². The monoisotopic (exact) mass is 414 g/mol. The van der Waals surface area contributed by atoms with Gasteiger partial charge in [-0.25, -0.2) is 4.57 Å². The first-order chi connectivity index (χ1) is 15.1. The molecule has 3 aromatic carbocycles. The van der Waals surface area contributed by atoms with Gasteiger partial charge in [0.1, 0.15) is 5.75 Å². The van der Waals surface area contributed by atoms with Gasteiger partial charge in [-0.2, -0.15) is 0 Å². The average Bonchev–Trinajstić information content (AvgIpc) is 2.80. The van der Waals surface area contributed by atoms with E-state index in [4.69, 9.17) is 4.74 Å². The van der Waals surface area contributed by atoms with E-state index in [0.717, 1.165) is 0 Å². The molecule has 31 heavy (non-hydrogen) atoms. The molecular formula is C25H22N2O4. The van der Waals surface area contributed by atoms with Crippen molar-refractivity contribution in [3.63, 3.8) is 0 Å². The average molecular weight is 414 g/mol. The molecule has 4 aromatic rings. The molecule has 0 saturated heterocycles. The SMILES string of the molecule is CCOc1ccc(-n2c(O)c(C=Nc3ccccc3CO)c3ccccc3c2=O)cc1. The Bertz CT molecular complexity index is 1310. The summed E-state index contributed by atoms with van der Waals surface area (Å²) in [5.74, 6) is 0.472. The second-order valence-electron chi connectivity index (χ2n) is 6.90. The van der Waals surface area contributed by atoms with E-state index < -0.39 is 0 Å². The zero-order valence-electron chi connectivity index (χ0n) is 17.0. The van der Waals surface area contributed by atoms with Crippen LogP contribution >= 0.6 is 0 Å². The van der Waals surface area contributed by atoms with E-state index in [-0.39, 0.29) is 18.0 Å². The number of benzene rings is 3. The molecule has 6 heteroatoms. The predicted octanol–water partition coefficient (Wildman–Crippen LogP) is 4.34. The van der Waals surface area contributed by atoms with Gasteiger partial charge in [-0.15, -0.1) is 0 Å². The molecule has 0 atom stereocenters. The van der Waals surface area contributed by atoms with Gasteiger partial charge in [0.15, 0.2) is 0 Å². The van der Waals surface area contributed by atoms with Gasteiger partial charge in [0.2, 0.25) is 5.88 Å². The third kappa shape index (κ3) is 3.93. The van der Waals surface area contributed by atoms with Gasteiger partial charge >= 0.3 is 0 Å². The summed E-state index contributed by atoms with van der Waals surface area (Å²) >= 11 is 0. The first kappa shape index (κ1) is 20.4. The molecule has 0 spiro atoms. The van der Waals surface area contributed by atoms with Crippen molar-refractivity contribution >= 4 is 22.7 Å². The third-order valence-electron chi connectivity index (χ3n) is 5.00. The number of hydrogen-bond acceptors (Lipinski definition) is 5. The second-order valence-corrected chi connectivity index (χ2v) is 6.90. The number of ether oxygens (including phenoxy) is 1. The lowest BCUT2D eigenvalue weighted by atomic mass is 10.1. The lowest BCUT2D eigenvalue weighted by Crippen LogP contribution is -2.20. The van der Waals surface area contributed by atoms with Gasteiger partial charge in [-0.3, -0.25) is 9.79 Å². The number of aliphatic hydroxyl groups is 1. The molecule has 0 aliphatic heterocycles. The molecule has 156 valence electrons. The lowest BCUT2D eigenvalue weighted by Gasteiger charge is -2.14. The second kappa shape index (κ2) is 8.85. The van der Waals surface area contributed by atoms with E-state index in [9.17, 15) is 15.0 Å². The minimum absolute atomic E-state index is 0.147. The number of aliphatic imine (C=N–C) groups is 1. The number of aliphatic hydroxyl groups excluding tert-OH is 1. The highest BCUT2D eigenvalue weighted by Gasteiger charge is 2.16. The standard InChI is InChI=1S/C25H22N2O4/c1-2-31-19-13-11-18(12-14-19)27-24(29)21-9-5-4-8-20(21)22(25(27)30)15-26-23-10-6-3-7-17(23)16-28/h3-15,28,30H,2,16H2,1H3. The number of nitrogens with zero attached hydrogens (tertiary/aromatic N) is 2.